The van der Waals surface area contributed by atoms with Gasteiger partial charge in [0.05, 0.1) is 41.7 Å². The van der Waals surface area contributed by atoms with Crippen molar-refractivity contribution in [2.24, 2.45) is 0 Å². The summed E-state index contributed by atoms with van der Waals surface area (Å²) >= 11 is 0. The molecule has 30 heavy (non-hydrogen) atoms. The maximum Gasteiger partial charge on any atom is 0.267 e. The highest BCUT2D eigenvalue weighted by atomic mass is 16.5. The summed E-state index contributed by atoms with van der Waals surface area (Å²) in [5, 5.41) is 8.04. The standard InChI is InChI=1S/C22H20N6O2/c1-14-22(25-18-5-3-2-4-17(18)24-14)26-19-12-30-13-20(19)28-21(29)7-6-16(27-28)15-8-10-23-11-9-15/h2-11,19-20H,12-13H2,1H3,(H,25,26). The Kier molecular flexibility index (Phi) is 4.68. The Labute approximate surface area is 172 Å². The van der Waals surface area contributed by atoms with Crippen LogP contribution in [0, 0.1) is 6.92 Å². The number of para-hydroxylation sites is 2. The van der Waals surface area contributed by atoms with Crippen LogP contribution in [-0.4, -0.2) is 44.0 Å². The number of pyridine rings is 1. The van der Waals surface area contributed by atoms with Crippen LogP contribution in [0.5, 0.6) is 0 Å². The molecular weight excluding hydrogens is 380 g/mol. The average molecular weight is 400 g/mol. The van der Waals surface area contributed by atoms with E-state index in [4.69, 9.17) is 9.72 Å². The van der Waals surface area contributed by atoms with E-state index >= 15 is 0 Å². The molecule has 4 aromatic rings. The van der Waals surface area contributed by atoms with Crippen LogP contribution in [0.3, 0.4) is 0 Å². The second-order valence-corrected chi connectivity index (χ2v) is 7.24. The second-order valence-electron chi connectivity index (χ2n) is 7.24. The fourth-order valence-corrected chi connectivity index (χ4v) is 3.66. The van der Waals surface area contributed by atoms with Gasteiger partial charge >= 0.3 is 0 Å². The van der Waals surface area contributed by atoms with Gasteiger partial charge in [0.2, 0.25) is 0 Å². The molecule has 1 fully saturated rings. The average Bonchev–Trinajstić information content (AvgIpc) is 3.23. The minimum Gasteiger partial charge on any atom is -0.377 e. The zero-order valence-corrected chi connectivity index (χ0v) is 16.4. The molecule has 0 aliphatic carbocycles. The molecule has 1 N–H and O–H groups in total. The first kappa shape index (κ1) is 18.4. The van der Waals surface area contributed by atoms with Crippen molar-refractivity contribution in [3.63, 3.8) is 0 Å². The largest absolute Gasteiger partial charge is 0.377 e. The number of hydrogen-bond acceptors (Lipinski definition) is 7. The highest BCUT2D eigenvalue weighted by Gasteiger charge is 2.32. The van der Waals surface area contributed by atoms with E-state index < -0.39 is 0 Å². The Balaban J connectivity index is 1.47. The molecule has 1 aliphatic rings. The van der Waals surface area contributed by atoms with Crippen LogP contribution in [0.1, 0.15) is 11.7 Å². The lowest BCUT2D eigenvalue weighted by Crippen LogP contribution is -2.37. The van der Waals surface area contributed by atoms with Gasteiger partial charge in [0, 0.05) is 24.0 Å². The minimum absolute atomic E-state index is 0.156. The first-order chi connectivity index (χ1) is 14.7. The maximum absolute atomic E-state index is 12.6. The molecule has 0 amide bonds. The van der Waals surface area contributed by atoms with Crippen molar-refractivity contribution in [1.29, 1.82) is 0 Å². The zero-order chi connectivity index (χ0) is 20.5. The predicted molar refractivity (Wildman–Crippen MR) is 113 cm³/mol. The van der Waals surface area contributed by atoms with Gasteiger partial charge in [-0.2, -0.15) is 5.10 Å². The topological polar surface area (TPSA) is 94.8 Å². The Morgan fingerprint density at radius 2 is 1.77 bits per heavy atom. The summed E-state index contributed by atoms with van der Waals surface area (Å²) < 4.78 is 7.21. The Morgan fingerprint density at radius 3 is 2.57 bits per heavy atom. The fourth-order valence-electron chi connectivity index (χ4n) is 3.66. The maximum atomic E-state index is 12.6. The van der Waals surface area contributed by atoms with Crippen molar-refractivity contribution in [3.8, 4) is 11.3 Å². The molecule has 2 unspecified atom stereocenters. The molecule has 4 heterocycles. The SMILES string of the molecule is Cc1nc2ccccc2nc1NC1COCC1n1nc(-c2ccncc2)ccc1=O. The van der Waals surface area contributed by atoms with E-state index in [0.717, 1.165) is 22.3 Å². The smallest absolute Gasteiger partial charge is 0.267 e. The fraction of sp³-hybridized carbons (Fsp3) is 0.227. The molecule has 8 nitrogen and oxygen atoms in total. The van der Waals surface area contributed by atoms with Crippen LogP contribution >= 0.6 is 0 Å². The third kappa shape index (κ3) is 3.42. The van der Waals surface area contributed by atoms with E-state index in [0.29, 0.717) is 24.7 Å². The van der Waals surface area contributed by atoms with Crippen LogP contribution < -0.4 is 10.9 Å². The number of fused-ring (bicyclic) bond motifs is 1. The molecule has 0 radical (unpaired) electrons. The lowest BCUT2D eigenvalue weighted by molar-refractivity contribution is 0.183. The summed E-state index contributed by atoms with van der Waals surface area (Å²) in [5.74, 6) is 0.688. The number of rotatable bonds is 4. The molecule has 1 saturated heterocycles. The quantitative estimate of drug-likeness (QED) is 0.563. The third-order valence-electron chi connectivity index (χ3n) is 5.23. The molecule has 0 spiro atoms. The molecule has 3 aromatic heterocycles. The Bertz CT molecular complexity index is 1260. The van der Waals surface area contributed by atoms with Gasteiger partial charge in [-0.3, -0.25) is 9.78 Å². The summed E-state index contributed by atoms with van der Waals surface area (Å²) in [6, 6.07) is 14.3. The number of benzene rings is 1. The van der Waals surface area contributed by atoms with Crippen molar-refractivity contribution in [1.82, 2.24) is 24.7 Å². The van der Waals surface area contributed by atoms with Crippen molar-refractivity contribution in [2.75, 3.05) is 18.5 Å². The Morgan fingerprint density at radius 1 is 1.00 bits per heavy atom. The van der Waals surface area contributed by atoms with Gasteiger partial charge in [-0.05, 0) is 37.3 Å². The van der Waals surface area contributed by atoms with Gasteiger partial charge in [-0.15, -0.1) is 0 Å². The normalized spacial score (nSPS) is 18.6. The number of hydrogen-bond donors (Lipinski definition) is 1. The van der Waals surface area contributed by atoms with Gasteiger partial charge in [0.15, 0.2) is 0 Å². The highest BCUT2D eigenvalue weighted by Crippen LogP contribution is 2.24. The summed E-state index contributed by atoms with van der Waals surface area (Å²) in [7, 11) is 0. The molecule has 8 heteroatoms. The van der Waals surface area contributed by atoms with Gasteiger partial charge in [0.1, 0.15) is 11.9 Å². The van der Waals surface area contributed by atoms with Crippen LogP contribution in [0.4, 0.5) is 5.82 Å². The first-order valence-corrected chi connectivity index (χ1v) is 9.77. The molecule has 150 valence electrons. The number of aryl methyl sites for hydroxylation is 1. The summed E-state index contributed by atoms with van der Waals surface area (Å²) in [6.07, 6.45) is 3.41. The Hall–Kier alpha value is -3.65. The summed E-state index contributed by atoms with van der Waals surface area (Å²) in [6.45, 7) is 2.76. The van der Waals surface area contributed by atoms with E-state index in [1.165, 1.54) is 4.68 Å². The first-order valence-electron chi connectivity index (χ1n) is 9.77. The molecule has 5 rings (SSSR count). The van der Waals surface area contributed by atoms with Crippen molar-refractivity contribution >= 4 is 16.9 Å². The van der Waals surface area contributed by atoms with Crippen molar-refractivity contribution < 1.29 is 4.74 Å². The monoisotopic (exact) mass is 400 g/mol. The molecular formula is C22H20N6O2. The number of aromatic nitrogens is 5. The second kappa shape index (κ2) is 7.64. The molecule has 0 bridgehead atoms. The molecule has 2 atom stereocenters. The van der Waals surface area contributed by atoms with E-state index in [2.05, 4.69) is 20.4 Å². The minimum atomic E-state index is -0.257. The summed E-state index contributed by atoms with van der Waals surface area (Å²) in [4.78, 5) is 26.0. The lowest BCUT2D eigenvalue weighted by atomic mass is 10.1. The van der Waals surface area contributed by atoms with Crippen LogP contribution in [0.15, 0.2) is 65.7 Å². The number of anilines is 1. The van der Waals surface area contributed by atoms with Gasteiger partial charge in [-0.25, -0.2) is 14.6 Å². The predicted octanol–water partition coefficient (Wildman–Crippen LogP) is 2.61. The van der Waals surface area contributed by atoms with E-state index in [1.807, 2.05) is 43.3 Å². The number of nitrogens with one attached hydrogen (secondary N) is 1. The van der Waals surface area contributed by atoms with Crippen LogP contribution in [0.25, 0.3) is 22.3 Å². The summed E-state index contributed by atoms with van der Waals surface area (Å²) in [5.41, 5.74) is 3.91. The molecule has 1 aliphatic heterocycles. The van der Waals surface area contributed by atoms with Crippen molar-refractivity contribution in [3.05, 3.63) is 77.0 Å². The van der Waals surface area contributed by atoms with E-state index in [1.54, 1.807) is 24.5 Å². The highest BCUT2D eigenvalue weighted by molar-refractivity contribution is 5.76. The zero-order valence-electron chi connectivity index (χ0n) is 16.4. The van der Waals surface area contributed by atoms with Gasteiger partial charge < -0.3 is 10.1 Å². The van der Waals surface area contributed by atoms with Crippen LogP contribution in [-0.2, 0) is 4.74 Å². The molecule has 0 saturated carbocycles. The van der Waals surface area contributed by atoms with Gasteiger partial charge in [-0.1, -0.05) is 12.1 Å². The van der Waals surface area contributed by atoms with Crippen molar-refractivity contribution in [2.45, 2.75) is 19.0 Å². The number of ether oxygens (including phenoxy) is 1. The van der Waals surface area contributed by atoms with Crippen LogP contribution in [0.2, 0.25) is 0 Å². The molecule has 1 aromatic carbocycles. The van der Waals surface area contributed by atoms with E-state index in [-0.39, 0.29) is 17.6 Å². The number of nitrogens with zero attached hydrogens (tertiary/aromatic N) is 5. The third-order valence-corrected chi connectivity index (χ3v) is 5.23. The van der Waals surface area contributed by atoms with E-state index in [9.17, 15) is 4.79 Å². The van der Waals surface area contributed by atoms with Gasteiger partial charge in [0.25, 0.3) is 5.56 Å². The lowest BCUT2D eigenvalue weighted by Gasteiger charge is -2.22.